The van der Waals surface area contributed by atoms with Gasteiger partial charge in [-0.1, -0.05) is 11.6 Å². The van der Waals surface area contributed by atoms with E-state index in [0.29, 0.717) is 5.82 Å². The molecule has 11 heteroatoms. The summed E-state index contributed by atoms with van der Waals surface area (Å²) in [5, 5.41) is 17.0. The van der Waals surface area contributed by atoms with Crippen LogP contribution in [0.4, 0.5) is 11.6 Å². The number of hydrogen-bond donors (Lipinski definition) is 2. The first-order chi connectivity index (χ1) is 9.70. The van der Waals surface area contributed by atoms with Gasteiger partial charge in [-0.2, -0.15) is 4.98 Å². The number of nitrogens with one attached hydrogen (secondary N) is 2. The molecule has 112 valence electrons. The van der Waals surface area contributed by atoms with Crippen LogP contribution in [-0.2, 0) is 10.0 Å². The lowest BCUT2D eigenvalue weighted by Crippen LogP contribution is -2.14. The van der Waals surface area contributed by atoms with Gasteiger partial charge >= 0.3 is 0 Å². The monoisotopic (exact) mass is 331 g/mol. The number of hydrogen-bond acceptors (Lipinski definition) is 6. The van der Waals surface area contributed by atoms with E-state index < -0.39 is 14.9 Å². The Kier molecular flexibility index (Phi) is 3.83. The third-order valence-corrected chi connectivity index (χ3v) is 4.32. The number of H-pyrrole nitrogens is 1. The molecule has 0 aliphatic carbocycles. The minimum Gasteiger partial charge on any atom is -0.261 e. The van der Waals surface area contributed by atoms with Crippen LogP contribution in [0.1, 0.15) is 11.4 Å². The second kappa shape index (κ2) is 5.30. The Morgan fingerprint density at radius 3 is 2.57 bits per heavy atom. The van der Waals surface area contributed by atoms with Crippen LogP contribution >= 0.6 is 11.6 Å². The van der Waals surface area contributed by atoms with E-state index in [2.05, 4.69) is 19.9 Å². The summed E-state index contributed by atoms with van der Waals surface area (Å²) in [6.45, 7) is 3.03. The largest absolute Gasteiger partial charge is 0.275 e. The Balaban J connectivity index is 2.47. The van der Waals surface area contributed by atoms with Crippen molar-refractivity contribution in [3.05, 3.63) is 38.7 Å². The number of halogens is 1. The second-order valence-corrected chi connectivity index (χ2v) is 6.25. The van der Waals surface area contributed by atoms with Crippen LogP contribution in [0.5, 0.6) is 0 Å². The lowest BCUT2D eigenvalue weighted by atomic mass is 10.2. The van der Waals surface area contributed by atoms with Crippen molar-refractivity contribution >= 4 is 33.3 Å². The van der Waals surface area contributed by atoms with Gasteiger partial charge in [-0.3, -0.25) is 15.2 Å². The molecule has 2 aromatic rings. The predicted octanol–water partition coefficient (Wildman–Crippen LogP) is 1.78. The Hall–Kier alpha value is -2.20. The average Bonchev–Trinajstić information content (AvgIpc) is 2.76. The van der Waals surface area contributed by atoms with Crippen molar-refractivity contribution < 1.29 is 13.3 Å². The van der Waals surface area contributed by atoms with Crippen LogP contribution in [-0.4, -0.2) is 28.5 Å². The highest BCUT2D eigenvalue weighted by Crippen LogP contribution is 2.30. The molecule has 9 nitrogen and oxygen atoms in total. The van der Waals surface area contributed by atoms with Crippen molar-refractivity contribution in [2.75, 3.05) is 4.72 Å². The average molecular weight is 332 g/mol. The molecule has 0 aliphatic heterocycles. The number of nitrogens with zero attached hydrogens (tertiary/aromatic N) is 3. The smallest absolute Gasteiger partial charge is 0.261 e. The lowest BCUT2D eigenvalue weighted by Gasteiger charge is -2.07. The Morgan fingerprint density at radius 2 is 2.05 bits per heavy atom. The van der Waals surface area contributed by atoms with E-state index in [9.17, 15) is 18.5 Å². The summed E-state index contributed by atoms with van der Waals surface area (Å²) in [7, 11) is -4.08. The Labute approximate surface area is 124 Å². The number of benzene rings is 1. The maximum Gasteiger partial charge on any atom is 0.275 e. The van der Waals surface area contributed by atoms with Gasteiger partial charge < -0.3 is 0 Å². The topological polar surface area (TPSA) is 131 Å². The third-order valence-electron chi connectivity index (χ3n) is 2.62. The summed E-state index contributed by atoms with van der Waals surface area (Å²) in [4.78, 5) is 13.7. The normalized spacial score (nSPS) is 11.4. The summed E-state index contributed by atoms with van der Waals surface area (Å²) in [5.74, 6) is 0.257. The molecule has 0 amide bonds. The quantitative estimate of drug-likeness (QED) is 0.648. The van der Waals surface area contributed by atoms with E-state index in [0.717, 1.165) is 12.1 Å². The van der Waals surface area contributed by atoms with Gasteiger partial charge in [-0.25, -0.2) is 13.1 Å². The first kappa shape index (κ1) is 15.2. The number of nitro groups is 1. The Morgan fingerprint density at radius 1 is 1.38 bits per heavy atom. The van der Waals surface area contributed by atoms with E-state index in [1.807, 2.05) is 0 Å². The van der Waals surface area contributed by atoms with Crippen molar-refractivity contribution in [1.82, 2.24) is 15.2 Å². The summed E-state index contributed by atoms with van der Waals surface area (Å²) in [5.41, 5.74) is -0.191. The number of aromatic nitrogens is 3. The fourth-order valence-electron chi connectivity index (χ4n) is 1.55. The van der Waals surface area contributed by atoms with Gasteiger partial charge in [0.15, 0.2) is 0 Å². The first-order valence-electron chi connectivity index (χ1n) is 5.57. The van der Waals surface area contributed by atoms with Gasteiger partial charge in [0.2, 0.25) is 0 Å². The zero-order valence-electron chi connectivity index (χ0n) is 10.9. The molecule has 0 fully saturated rings. The number of nitro benzene ring substituents is 1. The number of aryl methyl sites for hydroxylation is 1. The standard InChI is InChI=1S/C10H10ClN5O4S/c1-5-8(11)3-7(4-9(5)16(17)18)21(19,20)15-10-12-6(2)13-14-10/h3-4H,1-2H3,(H2,12,13,14,15). The predicted molar refractivity (Wildman–Crippen MR) is 74.8 cm³/mol. The molecule has 2 N–H and O–H groups in total. The number of rotatable bonds is 4. The highest BCUT2D eigenvalue weighted by Gasteiger charge is 2.23. The minimum absolute atomic E-state index is 0.0178. The molecular formula is C10H10ClN5O4S. The first-order valence-corrected chi connectivity index (χ1v) is 7.43. The Bertz CT molecular complexity index is 817. The molecule has 21 heavy (non-hydrogen) atoms. The van der Waals surface area contributed by atoms with Gasteiger partial charge in [0.25, 0.3) is 21.7 Å². The maximum atomic E-state index is 12.2. The van der Waals surface area contributed by atoms with E-state index >= 15 is 0 Å². The van der Waals surface area contributed by atoms with Crippen molar-refractivity contribution in [3.8, 4) is 0 Å². The van der Waals surface area contributed by atoms with Gasteiger partial charge in [0.1, 0.15) is 5.82 Å². The third kappa shape index (κ3) is 3.11. The molecule has 0 saturated heterocycles. The summed E-state index contributed by atoms with van der Waals surface area (Å²) < 4.78 is 26.4. The summed E-state index contributed by atoms with van der Waals surface area (Å²) in [6.07, 6.45) is 0. The molecule has 0 bridgehead atoms. The molecule has 1 aromatic carbocycles. The maximum absolute atomic E-state index is 12.2. The van der Waals surface area contributed by atoms with E-state index in [1.165, 1.54) is 6.92 Å². The van der Waals surface area contributed by atoms with Crippen molar-refractivity contribution in [2.45, 2.75) is 18.7 Å². The SMILES string of the molecule is Cc1nc(NS(=O)(=O)c2cc(Cl)c(C)c([N+](=O)[O-])c2)n[nH]1. The van der Waals surface area contributed by atoms with E-state index in [4.69, 9.17) is 11.6 Å². The van der Waals surface area contributed by atoms with Gasteiger partial charge in [-0.15, -0.1) is 5.10 Å². The summed E-state index contributed by atoms with van der Waals surface area (Å²) in [6, 6.07) is 2.06. The summed E-state index contributed by atoms with van der Waals surface area (Å²) >= 11 is 5.84. The zero-order valence-corrected chi connectivity index (χ0v) is 12.5. The molecule has 1 heterocycles. The van der Waals surface area contributed by atoms with Crippen LogP contribution in [0.25, 0.3) is 0 Å². The van der Waals surface area contributed by atoms with Crippen LogP contribution in [0.3, 0.4) is 0 Å². The molecule has 0 atom stereocenters. The molecule has 0 aliphatic rings. The van der Waals surface area contributed by atoms with Gasteiger partial charge in [-0.05, 0) is 19.9 Å². The van der Waals surface area contributed by atoms with Gasteiger partial charge in [0.05, 0.1) is 14.8 Å². The van der Waals surface area contributed by atoms with Crippen LogP contribution in [0, 0.1) is 24.0 Å². The van der Waals surface area contributed by atoms with Crippen LogP contribution in [0.2, 0.25) is 5.02 Å². The number of aromatic amines is 1. The van der Waals surface area contributed by atoms with Crippen LogP contribution < -0.4 is 4.72 Å². The van der Waals surface area contributed by atoms with E-state index in [-0.39, 0.29) is 27.1 Å². The molecule has 0 unspecified atom stereocenters. The lowest BCUT2D eigenvalue weighted by molar-refractivity contribution is -0.385. The van der Waals surface area contributed by atoms with E-state index in [1.54, 1.807) is 6.92 Å². The zero-order chi connectivity index (χ0) is 15.8. The van der Waals surface area contributed by atoms with Crippen molar-refractivity contribution in [2.24, 2.45) is 0 Å². The molecular weight excluding hydrogens is 322 g/mol. The van der Waals surface area contributed by atoms with Crippen LogP contribution in [0.15, 0.2) is 17.0 Å². The molecule has 1 aromatic heterocycles. The van der Waals surface area contributed by atoms with Crippen molar-refractivity contribution in [3.63, 3.8) is 0 Å². The highest BCUT2D eigenvalue weighted by atomic mass is 35.5. The fourth-order valence-corrected chi connectivity index (χ4v) is 2.82. The molecule has 2 rings (SSSR count). The molecule has 0 radical (unpaired) electrons. The molecule has 0 saturated carbocycles. The van der Waals surface area contributed by atoms with Crippen molar-refractivity contribution in [1.29, 1.82) is 0 Å². The van der Waals surface area contributed by atoms with Gasteiger partial charge in [0, 0.05) is 11.6 Å². The molecule has 0 spiro atoms. The fraction of sp³-hybridized carbons (Fsp3) is 0.200. The minimum atomic E-state index is -4.08. The number of anilines is 1. The number of sulfonamides is 1. The second-order valence-electron chi connectivity index (χ2n) is 4.16. The highest BCUT2D eigenvalue weighted by molar-refractivity contribution is 7.92.